The number of aromatic nitrogens is 5. The van der Waals surface area contributed by atoms with E-state index in [1.54, 1.807) is 44.2 Å². The Kier molecular flexibility index (Phi) is 5.86. The topological polar surface area (TPSA) is 139 Å². The van der Waals surface area contributed by atoms with Gasteiger partial charge < -0.3 is 19.5 Å². The van der Waals surface area contributed by atoms with E-state index in [0.717, 1.165) is 4.68 Å². The van der Waals surface area contributed by atoms with Gasteiger partial charge in [0.15, 0.2) is 23.1 Å². The maximum atomic E-state index is 13.0. The molecule has 2 unspecified atom stereocenters. The second-order valence-electron chi connectivity index (χ2n) is 6.94. The number of hydrogen-bond donors (Lipinski definition) is 1. The third kappa shape index (κ3) is 4.17. The monoisotopic (exact) mass is 440 g/mol. The van der Waals surface area contributed by atoms with Crippen molar-refractivity contribution in [3.63, 3.8) is 0 Å². The van der Waals surface area contributed by atoms with Gasteiger partial charge in [0.2, 0.25) is 0 Å². The maximum absolute atomic E-state index is 13.0. The minimum Gasteiger partial charge on any atom is -0.497 e. The van der Waals surface area contributed by atoms with Gasteiger partial charge in [-0.1, -0.05) is 5.21 Å². The lowest BCUT2D eigenvalue weighted by atomic mass is 10.2. The minimum absolute atomic E-state index is 0.0278. The zero-order valence-electron chi connectivity index (χ0n) is 17.5. The Labute approximate surface area is 182 Å². The van der Waals surface area contributed by atoms with Crippen molar-refractivity contribution in [2.45, 2.75) is 19.3 Å². The quantitative estimate of drug-likeness (QED) is 0.547. The van der Waals surface area contributed by atoms with E-state index in [2.05, 4.69) is 20.7 Å². The molecular weight excluding hydrogens is 420 g/mol. The second kappa shape index (κ2) is 8.75. The fourth-order valence-corrected chi connectivity index (χ4v) is 3.18. The highest BCUT2D eigenvalue weighted by Crippen LogP contribution is 2.26. The van der Waals surface area contributed by atoms with Crippen LogP contribution in [0.2, 0.25) is 0 Å². The number of anilines is 1. The predicted octanol–water partition coefficient (Wildman–Crippen LogP) is 0.655. The van der Waals surface area contributed by atoms with E-state index in [1.807, 2.05) is 0 Å². The molecule has 2 atom stereocenters. The fourth-order valence-electron chi connectivity index (χ4n) is 3.18. The smallest absolute Gasteiger partial charge is 0.302 e. The first kappa shape index (κ1) is 21.4. The summed E-state index contributed by atoms with van der Waals surface area (Å²) in [6.07, 6.45) is 1.99. The average Bonchev–Trinajstić information content (AvgIpc) is 3.37. The number of amides is 1. The van der Waals surface area contributed by atoms with Crippen LogP contribution in [0.1, 0.15) is 23.5 Å². The van der Waals surface area contributed by atoms with Gasteiger partial charge in [0.05, 0.1) is 13.2 Å². The second-order valence-corrected chi connectivity index (χ2v) is 6.94. The molecule has 3 aromatic rings. The van der Waals surface area contributed by atoms with Gasteiger partial charge in [-0.2, -0.15) is 9.78 Å². The van der Waals surface area contributed by atoms with Crippen LogP contribution in [0.15, 0.2) is 29.1 Å². The van der Waals surface area contributed by atoms with Crippen LogP contribution in [0.3, 0.4) is 0 Å². The fraction of sp³-hybridized carbons (Fsp3) is 0.300. The van der Waals surface area contributed by atoms with Crippen molar-refractivity contribution in [3.05, 3.63) is 53.0 Å². The van der Waals surface area contributed by atoms with Crippen LogP contribution in [0.25, 0.3) is 11.0 Å². The summed E-state index contributed by atoms with van der Waals surface area (Å²) in [6.45, 7) is 1.33. The predicted molar refractivity (Wildman–Crippen MR) is 111 cm³/mol. The number of carbonyl (C=O) groups is 2. The number of rotatable bonds is 6. The number of aryl methyl sites for hydroxylation is 1. The molecule has 4 rings (SSSR count). The molecule has 12 nitrogen and oxygen atoms in total. The molecule has 0 spiro atoms. The number of methoxy groups -OCH3 is 1. The van der Waals surface area contributed by atoms with Crippen LogP contribution < -0.4 is 15.6 Å². The highest BCUT2D eigenvalue weighted by molar-refractivity contribution is 6.07. The normalized spacial score (nSPS) is 18.0. The number of fused-ring (bicyclic) bond motifs is 1. The largest absolute Gasteiger partial charge is 0.497 e. The van der Waals surface area contributed by atoms with Crippen molar-refractivity contribution < 1.29 is 23.8 Å². The van der Waals surface area contributed by atoms with Gasteiger partial charge >= 0.3 is 5.97 Å². The van der Waals surface area contributed by atoms with Crippen molar-refractivity contribution >= 4 is 28.7 Å². The molecule has 1 fully saturated rings. The van der Waals surface area contributed by atoms with E-state index in [1.165, 1.54) is 18.7 Å². The Morgan fingerprint density at radius 2 is 1.97 bits per heavy atom. The summed E-state index contributed by atoms with van der Waals surface area (Å²) in [5, 5.41) is 14.9. The summed E-state index contributed by atoms with van der Waals surface area (Å²) in [6, 6.07) is 6.53. The molecule has 1 amide bonds. The first-order valence-electron chi connectivity index (χ1n) is 9.62. The average molecular weight is 440 g/mol. The molecule has 1 N–H and O–H groups in total. The Bertz CT molecular complexity index is 1220. The molecule has 1 saturated heterocycles. The first-order chi connectivity index (χ1) is 15.4. The summed E-state index contributed by atoms with van der Waals surface area (Å²) in [4.78, 5) is 36.6. The van der Waals surface area contributed by atoms with Crippen LogP contribution >= 0.6 is 0 Å². The van der Waals surface area contributed by atoms with Gasteiger partial charge in [-0.05, 0) is 24.3 Å². The molecule has 0 saturated carbocycles. The molecular formula is C20H20N6O6. The third-order valence-electron chi connectivity index (χ3n) is 4.75. The van der Waals surface area contributed by atoms with Gasteiger partial charge in [-0.3, -0.25) is 19.1 Å². The summed E-state index contributed by atoms with van der Waals surface area (Å²) < 4.78 is 18.1. The molecule has 1 aromatic carbocycles. The number of esters is 1. The van der Waals surface area contributed by atoms with E-state index in [-0.39, 0.29) is 23.5 Å². The standard InChI is InChI=1S/C20H20N6O6/c1-11(27)31-10-14-8-9-15(32-14)26-20(29)17-16(22-24-26)18(23-25(17)2)21-19(28)12-4-6-13(30-3)7-5-12/h4-9,14-15H,10H2,1-3H3,(H,21,23,28). The van der Waals surface area contributed by atoms with Gasteiger partial charge in [0, 0.05) is 32.4 Å². The lowest BCUT2D eigenvalue weighted by molar-refractivity contribution is -0.145. The van der Waals surface area contributed by atoms with Crippen LogP contribution in [0, 0.1) is 12.8 Å². The third-order valence-corrected chi connectivity index (χ3v) is 4.75. The SMILES string of the molecule is COc1ccc(C(=O)Nc2nn(C)c3c(=O)n(C4[CH][CH]C(COC(C)=O)O4)nnc23)cc1. The van der Waals surface area contributed by atoms with Crippen LogP contribution in [-0.4, -0.2) is 56.5 Å². The molecule has 32 heavy (non-hydrogen) atoms. The Hall–Kier alpha value is -3.80. The molecule has 12 heteroatoms. The van der Waals surface area contributed by atoms with E-state index < -0.39 is 29.8 Å². The van der Waals surface area contributed by atoms with E-state index in [4.69, 9.17) is 14.2 Å². The molecule has 2 radical (unpaired) electrons. The van der Waals surface area contributed by atoms with Crippen molar-refractivity contribution in [3.8, 4) is 5.75 Å². The minimum atomic E-state index is -0.813. The van der Waals surface area contributed by atoms with Gasteiger partial charge in [-0.15, -0.1) is 5.10 Å². The van der Waals surface area contributed by atoms with Gasteiger partial charge in [-0.25, -0.2) is 0 Å². The number of hydrogen-bond acceptors (Lipinski definition) is 9. The molecule has 3 heterocycles. The van der Waals surface area contributed by atoms with Crippen LogP contribution in [-0.2, 0) is 21.3 Å². The summed E-state index contributed by atoms with van der Waals surface area (Å²) in [7, 11) is 3.10. The van der Waals surface area contributed by atoms with E-state index >= 15 is 0 Å². The summed E-state index contributed by atoms with van der Waals surface area (Å²) >= 11 is 0. The zero-order valence-corrected chi connectivity index (χ0v) is 17.5. The molecule has 166 valence electrons. The molecule has 1 aliphatic heterocycles. The van der Waals surface area contributed by atoms with Crippen molar-refractivity contribution in [2.75, 3.05) is 19.0 Å². The van der Waals surface area contributed by atoms with E-state index in [0.29, 0.717) is 11.3 Å². The van der Waals surface area contributed by atoms with Crippen LogP contribution in [0.5, 0.6) is 5.75 Å². The molecule has 2 aromatic heterocycles. The highest BCUT2D eigenvalue weighted by atomic mass is 16.6. The number of ether oxygens (including phenoxy) is 3. The number of nitrogens with one attached hydrogen (secondary N) is 1. The lowest BCUT2D eigenvalue weighted by Crippen LogP contribution is -2.30. The Morgan fingerprint density at radius 1 is 1.22 bits per heavy atom. The maximum Gasteiger partial charge on any atom is 0.302 e. The van der Waals surface area contributed by atoms with Crippen molar-refractivity contribution in [1.29, 1.82) is 0 Å². The zero-order chi connectivity index (χ0) is 22.8. The lowest BCUT2D eigenvalue weighted by Gasteiger charge is -2.14. The summed E-state index contributed by atoms with van der Waals surface area (Å²) in [5.41, 5.74) is 0.173. The van der Waals surface area contributed by atoms with Crippen molar-refractivity contribution in [1.82, 2.24) is 24.8 Å². The summed E-state index contributed by atoms with van der Waals surface area (Å²) in [5.74, 6) is -0.123. The molecule has 0 aliphatic carbocycles. The number of carbonyl (C=O) groups excluding carboxylic acids is 2. The number of nitrogens with zero attached hydrogens (tertiary/aromatic N) is 5. The first-order valence-corrected chi connectivity index (χ1v) is 9.62. The molecule has 1 aliphatic rings. The van der Waals surface area contributed by atoms with Crippen molar-refractivity contribution in [2.24, 2.45) is 7.05 Å². The molecule has 0 bridgehead atoms. The highest BCUT2D eigenvalue weighted by Gasteiger charge is 2.31. The van der Waals surface area contributed by atoms with Crippen LogP contribution in [0.4, 0.5) is 5.82 Å². The van der Waals surface area contributed by atoms with E-state index in [9.17, 15) is 14.4 Å². The Balaban J connectivity index is 1.56. The number of benzene rings is 1. The van der Waals surface area contributed by atoms with Gasteiger partial charge in [0.25, 0.3) is 11.5 Å². The Morgan fingerprint density at radius 3 is 2.66 bits per heavy atom. The van der Waals surface area contributed by atoms with Gasteiger partial charge in [0.1, 0.15) is 12.4 Å².